The van der Waals surface area contributed by atoms with Crippen molar-refractivity contribution >= 4 is 5.91 Å². The molecule has 0 rings (SSSR count). The first-order valence-electron chi connectivity index (χ1n) is 7.24. The summed E-state index contributed by atoms with van der Waals surface area (Å²) >= 11 is 0. The molecule has 0 aromatic heterocycles. The summed E-state index contributed by atoms with van der Waals surface area (Å²) in [6.45, 7) is 6.34. The van der Waals surface area contributed by atoms with E-state index < -0.39 is 0 Å². The highest BCUT2D eigenvalue weighted by molar-refractivity contribution is 5.77. The molecule has 0 aliphatic heterocycles. The molecule has 0 spiro atoms. The van der Waals surface area contributed by atoms with Crippen LogP contribution >= 0.6 is 0 Å². The van der Waals surface area contributed by atoms with Crippen molar-refractivity contribution in [3.63, 3.8) is 0 Å². The van der Waals surface area contributed by atoms with Crippen molar-refractivity contribution in [2.75, 3.05) is 19.6 Å². The number of unbranched alkanes of at least 4 members (excludes halogenated alkanes) is 6. The summed E-state index contributed by atoms with van der Waals surface area (Å²) in [6.07, 6.45) is 9.68. The van der Waals surface area contributed by atoms with Crippen molar-refractivity contribution in [1.82, 2.24) is 4.90 Å². The topological polar surface area (TPSA) is 46.3 Å². The van der Waals surface area contributed by atoms with Gasteiger partial charge in [-0.1, -0.05) is 52.4 Å². The fourth-order valence-electron chi connectivity index (χ4n) is 1.95. The summed E-state index contributed by atoms with van der Waals surface area (Å²) in [6, 6.07) is 0. The smallest absolute Gasteiger partial charge is 0.236 e. The number of hydrogen-bond donors (Lipinski definition) is 1. The predicted octanol–water partition coefficient (Wildman–Crippen LogP) is 2.93. The Kier molecular flexibility index (Phi) is 11.5. The number of nitrogens with zero attached hydrogens (tertiary/aromatic N) is 1. The van der Waals surface area contributed by atoms with Gasteiger partial charge in [0.2, 0.25) is 5.91 Å². The molecule has 0 saturated carbocycles. The van der Waals surface area contributed by atoms with Gasteiger partial charge < -0.3 is 10.6 Å². The lowest BCUT2D eigenvalue weighted by molar-refractivity contribution is -0.129. The molecule has 3 heteroatoms. The van der Waals surface area contributed by atoms with Gasteiger partial charge in [0.05, 0.1) is 6.54 Å². The maximum Gasteiger partial charge on any atom is 0.236 e. The van der Waals surface area contributed by atoms with Crippen LogP contribution in [0.1, 0.15) is 65.2 Å². The van der Waals surface area contributed by atoms with Crippen LogP contribution in [0.25, 0.3) is 0 Å². The molecule has 3 nitrogen and oxygen atoms in total. The molecule has 0 fully saturated rings. The predicted molar refractivity (Wildman–Crippen MR) is 73.9 cm³/mol. The average Bonchev–Trinajstić information content (AvgIpc) is 2.36. The van der Waals surface area contributed by atoms with Crippen LogP contribution in [-0.4, -0.2) is 30.4 Å². The van der Waals surface area contributed by atoms with Crippen LogP contribution in [0.4, 0.5) is 0 Å². The molecule has 0 aromatic carbocycles. The van der Waals surface area contributed by atoms with Crippen LogP contribution in [0.15, 0.2) is 0 Å². The van der Waals surface area contributed by atoms with Gasteiger partial charge in [0.1, 0.15) is 0 Å². The van der Waals surface area contributed by atoms with Crippen molar-refractivity contribution < 1.29 is 4.79 Å². The maximum absolute atomic E-state index is 11.6. The quantitative estimate of drug-likeness (QED) is 0.566. The van der Waals surface area contributed by atoms with E-state index in [1.54, 1.807) is 0 Å². The molecule has 0 radical (unpaired) electrons. The van der Waals surface area contributed by atoms with E-state index in [-0.39, 0.29) is 12.5 Å². The fraction of sp³-hybridized carbons (Fsp3) is 0.929. The normalized spacial score (nSPS) is 10.5. The van der Waals surface area contributed by atoms with E-state index in [1.807, 2.05) is 4.90 Å². The van der Waals surface area contributed by atoms with Gasteiger partial charge in [-0.3, -0.25) is 4.79 Å². The second kappa shape index (κ2) is 11.9. The minimum atomic E-state index is 0.109. The zero-order chi connectivity index (χ0) is 12.9. The molecule has 0 unspecified atom stereocenters. The summed E-state index contributed by atoms with van der Waals surface area (Å²) in [5.41, 5.74) is 5.44. The molecule has 102 valence electrons. The van der Waals surface area contributed by atoms with Gasteiger partial charge >= 0.3 is 0 Å². The second-order valence-electron chi connectivity index (χ2n) is 4.71. The van der Waals surface area contributed by atoms with E-state index >= 15 is 0 Å². The highest BCUT2D eigenvalue weighted by Gasteiger charge is 2.10. The molecular formula is C14H30N2O. The van der Waals surface area contributed by atoms with Crippen molar-refractivity contribution in [1.29, 1.82) is 0 Å². The SMILES string of the molecule is CCCCCCN(CCCCCC)C(=O)CN. The van der Waals surface area contributed by atoms with Crippen LogP contribution in [0.2, 0.25) is 0 Å². The van der Waals surface area contributed by atoms with Gasteiger partial charge in [-0.2, -0.15) is 0 Å². The second-order valence-corrected chi connectivity index (χ2v) is 4.71. The lowest BCUT2D eigenvalue weighted by atomic mass is 10.1. The lowest BCUT2D eigenvalue weighted by Gasteiger charge is -2.22. The molecule has 1 amide bonds. The Labute approximate surface area is 107 Å². The Bertz CT molecular complexity index is 171. The molecule has 0 saturated heterocycles. The highest BCUT2D eigenvalue weighted by atomic mass is 16.2. The van der Waals surface area contributed by atoms with Crippen LogP contribution in [0.3, 0.4) is 0 Å². The molecule has 2 N–H and O–H groups in total. The molecule has 0 heterocycles. The van der Waals surface area contributed by atoms with Gasteiger partial charge in [0, 0.05) is 13.1 Å². The van der Waals surface area contributed by atoms with E-state index in [1.165, 1.54) is 38.5 Å². The summed E-state index contributed by atoms with van der Waals surface area (Å²) in [4.78, 5) is 13.6. The standard InChI is InChI=1S/C14H30N2O/c1-3-5-7-9-11-16(14(17)13-15)12-10-8-6-4-2/h3-13,15H2,1-2H3. The number of amides is 1. The third-order valence-corrected chi connectivity index (χ3v) is 3.09. The number of rotatable bonds is 11. The van der Waals surface area contributed by atoms with Crippen LogP contribution in [0.5, 0.6) is 0 Å². The highest BCUT2D eigenvalue weighted by Crippen LogP contribution is 2.05. The number of nitrogens with two attached hydrogens (primary N) is 1. The lowest BCUT2D eigenvalue weighted by Crippen LogP contribution is -2.37. The summed E-state index contributed by atoms with van der Waals surface area (Å²) in [5.74, 6) is 0.109. The first-order chi connectivity index (χ1) is 8.26. The van der Waals surface area contributed by atoms with Crippen molar-refractivity contribution in [2.24, 2.45) is 5.73 Å². The van der Waals surface area contributed by atoms with Gasteiger partial charge in [-0.15, -0.1) is 0 Å². The summed E-state index contributed by atoms with van der Waals surface area (Å²) in [7, 11) is 0. The van der Waals surface area contributed by atoms with Crippen molar-refractivity contribution in [3.8, 4) is 0 Å². The first-order valence-corrected chi connectivity index (χ1v) is 7.24. The van der Waals surface area contributed by atoms with Gasteiger partial charge in [-0.25, -0.2) is 0 Å². The Hall–Kier alpha value is -0.570. The molecular weight excluding hydrogens is 212 g/mol. The number of carbonyl (C=O) groups excluding carboxylic acids is 1. The van der Waals surface area contributed by atoms with Crippen molar-refractivity contribution in [3.05, 3.63) is 0 Å². The third-order valence-electron chi connectivity index (χ3n) is 3.09. The average molecular weight is 242 g/mol. The van der Waals surface area contributed by atoms with Crippen molar-refractivity contribution in [2.45, 2.75) is 65.2 Å². The Morgan fingerprint density at radius 1 is 0.882 bits per heavy atom. The Morgan fingerprint density at radius 2 is 1.35 bits per heavy atom. The number of hydrogen-bond acceptors (Lipinski definition) is 2. The molecule has 0 aliphatic carbocycles. The monoisotopic (exact) mass is 242 g/mol. The molecule has 0 aromatic rings. The summed E-state index contributed by atoms with van der Waals surface area (Å²) in [5, 5.41) is 0. The third kappa shape index (κ3) is 9.16. The molecule has 17 heavy (non-hydrogen) atoms. The molecule has 0 bridgehead atoms. The Morgan fingerprint density at radius 3 is 1.71 bits per heavy atom. The zero-order valence-corrected chi connectivity index (χ0v) is 11.7. The van der Waals surface area contributed by atoms with Crippen LogP contribution in [-0.2, 0) is 4.79 Å². The molecule has 0 atom stereocenters. The minimum Gasteiger partial charge on any atom is -0.342 e. The fourth-order valence-corrected chi connectivity index (χ4v) is 1.95. The van der Waals surface area contributed by atoms with E-state index in [0.29, 0.717) is 0 Å². The first kappa shape index (κ1) is 16.4. The zero-order valence-electron chi connectivity index (χ0n) is 11.7. The van der Waals surface area contributed by atoms with Gasteiger partial charge in [-0.05, 0) is 12.8 Å². The maximum atomic E-state index is 11.6. The summed E-state index contributed by atoms with van der Waals surface area (Å²) < 4.78 is 0. The van der Waals surface area contributed by atoms with Crippen LogP contribution < -0.4 is 5.73 Å². The van der Waals surface area contributed by atoms with Crippen LogP contribution in [0, 0.1) is 0 Å². The Balaban J connectivity index is 3.76. The van der Waals surface area contributed by atoms with E-state index in [9.17, 15) is 4.79 Å². The van der Waals surface area contributed by atoms with Gasteiger partial charge in [0.25, 0.3) is 0 Å². The minimum absolute atomic E-state index is 0.109. The van der Waals surface area contributed by atoms with E-state index in [4.69, 9.17) is 5.73 Å². The van der Waals surface area contributed by atoms with E-state index in [0.717, 1.165) is 25.9 Å². The number of carbonyl (C=O) groups is 1. The van der Waals surface area contributed by atoms with Gasteiger partial charge in [0.15, 0.2) is 0 Å². The van der Waals surface area contributed by atoms with E-state index in [2.05, 4.69) is 13.8 Å². The molecule has 0 aliphatic rings. The largest absolute Gasteiger partial charge is 0.342 e.